The highest BCUT2D eigenvalue weighted by Crippen LogP contribution is 2.29. The van der Waals surface area contributed by atoms with Gasteiger partial charge < -0.3 is 19.6 Å². The molecule has 162 valence electrons. The van der Waals surface area contributed by atoms with Gasteiger partial charge in [0.2, 0.25) is 5.91 Å². The molecule has 0 bridgehead atoms. The number of furan rings is 1. The SMILES string of the molecule is CCOc1ccc2c(c1)c(C(=O)Nc1cc(C(=O)O)cc(-c3ccco3)c1)cn2C(C)=O. The summed E-state index contributed by atoms with van der Waals surface area (Å²) in [6, 6.07) is 13.0. The molecule has 2 aromatic heterocycles. The topological polar surface area (TPSA) is 111 Å². The molecule has 0 spiro atoms. The summed E-state index contributed by atoms with van der Waals surface area (Å²) in [6.07, 6.45) is 2.94. The van der Waals surface area contributed by atoms with Gasteiger partial charge in [-0.2, -0.15) is 0 Å². The van der Waals surface area contributed by atoms with Gasteiger partial charge in [-0.1, -0.05) is 0 Å². The highest BCUT2D eigenvalue weighted by Gasteiger charge is 2.19. The molecule has 2 heterocycles. The Balaban J connectivity index is 1.76. The highest BCUT2D eigenvalue weighted by atomic mass is 16.5. The molecule has 4 rings (SSSR count). The number of benzene rings is 2. The molecule has 0 atom stereocenters. The largest absolute Gasteiger partial charge is 0.494 e. The van der Waals surface area contributed by atoms with Gasteiger partial charge in [0.1, 0.15) is 11.5 Å². The monoisotopic (exact) mass is 432 g/mol. The van der Waals surface area contributed by atoms with E-state index in [-0.39, 0.29) is 22.7 Å². The van der Waals surface area contributed by atoms with Gasteiger partial charge in [-0.3, -0.25) is 14.2 Å². The van der Waals surface area contributed by atoms with Gasteiger partial charge in [-0.25, -0.2) is 4.79 Å². The lowest BCUT2D eigenvalue weighted by molar-refractivity contribution is 0.0696. The van der Waals surface area contributed by atoms with Gasteiger partial charge in [0, 0.05) is 29.8 Å². The number of carbonyl (C=O) groups excluding carboxylic acids is 2. The van der Waals surface area contributed by atoms with Crippen molar-refractivity contribution in [1.29, 1.82) is 0 Å². The van der Waals surface area contributed by atoms with E-state index in [4.69, 9.17) is 9.15 Å². The lowest BCUT2D eigenvalue weighted by Gasteiger charge is -2.09. The zero-order chi connectivity index (χ0) is 22.8. The molecule has 0 saturated carbocycles. The van der Waals surface area contributed by atoms with Crippen molar-refractivity contribution in [3.63, 3.8) is 0 Å². The van der Waals surface area contributed by atoms with Crippen LogP contribution in [0.1, 0.15) is 39.4 Å². The first-order chi connectivity index (χ1) is 15.4. The first-order valence-corrected chi connectivity index (χ1v) is 9.90. The Hall–Kier alpha value is -4.33. The lowest BCUT2D eigenvalue weighted by atomic mass is 10.1. The fourth-order valence-corrected chi connectivity index (χ4v) is 3.51. The number of hydrogen-bond acceptors (Lipinski definition) is 5. The molecule has 32 heavy (non-hydrogen) atoms. The Kier molecular flexibility index (Phi) is 5.51. The zero-order valence-electron chi connectivity index (χ0n) is 17.4. The molecule has 0 unspecified atom stereocenters. The summed E-state index contributed by atoms with van der Waals surface area (Å²) in [7, 11) is 0. The second-order valence-corrected chi connectivity index (χ2v) is 7.08. The van der Waals surface area contributed by atoms with Gasteiger partial charge in [-0.15, -0.1) is 0 Å². The Morgan fingerprint density at radius 2 is 1.94 bits per heavy atom. The number of carboxylic acid groups (broad SMARTS) is 1. The van der Waals surface area contributed by atoms with E-state index in [2.05, 4.69) is 5.32 Å². The maximum atomic E-state index is 13.2. The average molecular weight is 432 g/mol. The average Bonchev–Trinajstić information content (AvgIpc) is 3.42. The third-order valence-corrected chi connectivity index (χ3v) is 4.91. The highest BCUT2D eigenvalue weighted by molar-refractivity contribution is 6.15. The normalized spacial score (nSPS) is 10.8. The summed E-state index contributed by atoms with van der Waals surface area (Å²) < 4.78 is 12.3. The summed E-state index contributed by atoms with van der Waals surface area (Å²) in [5, 5.41) is 12.8. The van der Waals surface area contributed by atoms with Crippen molar-refractivity contribution >= 4 is 34.4 Å². The van der Waals surface area contributed by atoms with Crippen LogP contribution >= 0.6 is 0 Å². The summed E-state index contributed by atoms with van der Waals surface area (Å²) in [6.45, 7) is 3.71. The molecular weight excluding hydrogens is 412 g/mol. The molecule has 0 aliphatic rings. The second kappa shape index (κ2) is 8.43. The quantitative estimate of drug-likeness (QED) is 0.448. The van der Waals surface area contributed by atoms with Crippen molar-refractivity contribution in [2.24, 2.45) is 0 Å². The maximum Gasteiger partial charge on any atom is 0.335 e. The van der Waals surface area contributed by atoms with E-state index in [0.29, 0.717) is 34.6 Å². The molecular formula is C24H20N2O6. The number of rotatable bonds is 6. The molecule has 8 nitrogen and oxygen atoms in total. The summed E-state index contributed by atoms with van der Waals surface area (Å²) in [4.78, 5) is 36.8. The van der Waals surface area contributed by atoms with Crippen LogP contribution in [0.2, 0.25) is 0 Å². The number of aromatic carboxylic acids is 1. The van der Waals surface area contributed by atoms with Crippen LogP contribution in [0.3, 0.4) is 0 Å². The van der Waals surface area contributed by atoms with Crippen molar-refractivity contribution in [3.8, 4) is 17.1 Å². The Morgan fingerprint density at radius 3 is 2.59 bits per heavy atom. The Bertz CT molecular complexity index is 1330. The third-order valence-electron chi connectivity index (χ3n) is 4.91. The molecule has 0 radical (unpaired) electrons. The summed E-state index contributed by atoms with van der Waals surface area (Å²) >= 11 is 0. The number of fused-ring (bicyclic) bond motifs is 1. The number of ether oxygens (including phenoxy) is 1. The molecule has 8 heteroatoms. The number of carboxylic acids is 1. The van der Waals surface area contributed by atoms with Crippen molar-refractivity contribution < 1.29 is 28.6 Å². The van der Waals surface area contributed by atoms with E-state index in [1.807, 2.05) is 6.92 Å². The van der Waals surface area contributed by atoms with Crippen LogP contribution in [0, 0.1) is 0 Å². The first kappa shape index (κ1) is 20.9. The van der Waals surface area contributed by atoms with E-state index in [1.165, 1.54) is 36.1 Å². The van der Waals surface area contributed by atoms with E-state index >= 15 is 0 Å². The molecule has 2 N–H and O–H groups in total. The number of amides is 1. The minimum Gasteiger partial charge on any atom is -0.494 e. The van der Waals surface area contributed by atoms with Crippen LogP contribution in [-0.4, -0.2) is 34.1 Å². The van der Waals surface area contributed by atoms with Crippen LogP contribution in [0.15, 0.2) is 65.4 Å². The molecule has 0 fully saturated rings. The fourth-order valence-electron chi connectivity index (χ4n) is 3.51. The third kappa shape index (κ3) is 3.98. The molecule has 0 aliphatic heterocycles. The first-order valence-electron chi connectivity index (χ1n) is 9.90. The van der Waals surface area contributed by atoms with E-state index in [1.54, 1.807) is 36.4 Å². The second-order valence-electron chi connectivity index (χ2n) is 7.08. The number of nitrogens with one attached hydrogen (secondary N) is 1. The number of aromatic nitrogens is 1. The van der Waals surface area contributed by atoms with Crippen molar-refractivity contribution in [2.75, 3.05) is 11.9 Å². The lowest BCUT2D eigenvalue weighted by Crippen LogP contribution is -2.13. The summed E-state index contributed by atoms with van der Waals surface area (Å²) in [5.74, 6) is -0.826. The van der Waals surface area contributed by atoms with Crippen LogP contribution in [-0.2, 0) is 0 Å². The maximum absolute atomic E-state index is 13.2. The fraction of sp³-hybridized carbons (Fsp3) is 0.125. The van der Waals surface area contributed by atoms with Crippen LogP contribution in [0.5, 0.6) is 5.75 Å². The van der Waals surface area contributed by atoms with Crippen molar-refractivity contribution in [2.45, 2.75) is 13.8 Å². The molecule has 0 saturated heterocycles. The van der Waals surface area contributed by atoms with Gasteiger partial charge in [-0.05, 0) is 55.5 Å². The van der Waals surface area contributed by atoms with E-state index < -0.39 is 11.9 Å². The van der Waals surface area contributed by atoms with Gasteiger partial charge in [0.15, 0.2) is 0 Å². The number of carbonyl (C=O) groups is 3. The minimum atomic E-state index is -1.14. The summed E-state index contributed by atoms with van der Waals surface area (Å²) in [5.41, 5.74) is 1.62. The number of nitrogens with zero attached hydrogens (tertiary/aromatic N) is 1. The van der Waals surface area contributed by atoms with Gasteiger partial charge in [0.25, 0.3) is 5.91 Å². The predicted octanol–water partition coefficient (Wildman–Crippen LogP) is 4.91. The van der Waals surface area contributed by atoms with E-state index in [0.717, 1.165) is 0 Å². The number of hydrogen-bond donors (Lipinski definition) is 2. The van der Waals surface area contributed by atoms with E-state index in [9.17, 15) is 19.5 Å². The predicted molar refractivity (Wildman–Crippen MR) is 118 cm³/mol. The van der Waals surface area contributed by atoms with Crippen LogP contribution in [0.4, 0.5) is 5.69 Å². The molecule has 0 aliphatic carbocycles. The minimum absolute atomic E-state index is 0.000929. The van der Waals surface area contributed by atoms with Crippen molar-refractivity contribution in [3.05, 3.63) is 72.1 Å². The standard InChI is InChI=1S/C24H20N2O6/c1-3-31-18-6-7-21-19(12-18)20(13-26(21)14(2)27)23(28)25-17-10-15(22-5-4-8-32-22)9-16(11-17)24(29)30/h4-13H,3H2,1-2H3,(H,25,28)(H,29,30). The molecule has 4 aromatic rings. The zero-order valence-corrected chi connectivity index (χ0v) is 17.4. The van der Waals surface area contributed by atoms with Crippen LogP contribution < -0.4 is 10.1 Å². The van der Waals surface area contributed by atoms with Gasteiger partial charge >= 0.3 is 5.97 Å². The number of anilines is 1. The molecule has 1 amide bonds. The van der Waals surface area contributed by atoms with Crippen molar-refractivity contribution in [1.82, 2.24) is 4.57 Å². The Labute approximate surface area is 183 Å². The molecule has 2 aromatic carbocycles. The van der Waals surface area contributed by atoms with Crippen LogP contribution in [0.25, 0.3) is 22.2 Å². The van der Waals surface area contributed by atoms with Gasteiger partial charge in [0.05, 0.1) is 29.5 Å². The smallest absolute Gasteiger partial charge is 0.335 e. The Morgan fingerprint density at radius 1 is 1.12 bits per heavy atom.